The summed E-state index contributed by atoms with van der Waals surface area (Å²) in [6.07, 6.45) is 4.39. The van der Waals surface area contributed by atoms with Crippen LogP contribution in [0.15, 0.2) is 66.9 Å². The van der Waals surface area contributed by atoms with Crippen molar-refractivity contribution in [3.05, 3.63) is 83.7 Å². The topological polar surface area (TPSA) is 52.0 Å². The van der Waals surface area contributed by atoms with Crippen molar-refractivity contribution < 1.29 is 8.42 Å². The Morgan fingerprint density at radius 2 is 1.76 bits per heavy atom. The van der Waals surface area contributed by atoms with Gasteiger partial charge < -0.3 is 0 Å². The molecule has 25 heavy (non-hydrogen) atoms. The second-order valence-corrected chi connectivity index (χ2v) is 8.66. The van der Waals surface area contributed by atoms with Gasteiger partial charge in [0.05, 0.1) is 22.4 Å². The smallest absolute Gasteiger partial charge is 0.163 e. The molecular formula is C20H20N2O2S. The quantitative estimate of drug-likeness (QED) is 0.716. The van der Waals surface area contributed by atoms with E-state index in [9.17, 15) is 8.42 Å². The summed E-state index contributed by atoms with van der Waals surface area (Å²) in [5.74, 6) is -0.0220. The lowest BCUT2D eigenvalue weighted by molar-refractivity contribution is 0.558. The predicted molar refractivity (Wildman–Crippen MR) is 98.3 cm³/mol. The zero-order valence-electron chi connectivity index (χ0n) is 13.9. The van der Waals surface area contributed by atoms with Gasteiger partial charge in [-0.3, -0.25) is 0 Å². The Hall–Kier alpha value is -2.40. The summed E-state index contributed by atoms with van der Waals surface area (Å²) in [7, 11) is -3.29. The lowest BCUT2D eigenvalue weighted by atomic mass is 9.91. The normalized spacial score (nSPS) is 17.2. The van der Waals surface area contributed by atoms with E-state index in [4.69, 9.17) is 0 Å². The molecule has 0 saturated carbocycles. The maximum absolute atomic E-state index is 13.0. The van der Waals surface area contributed by atoms with Crippen molar-refractivity contribution in [2.24, 2.45) is 0 Å². The number of sulfone groups is 1. The monoisotopic (exact) mass is 352 g/mol. The molecule has 0 fully saturated rings. The first kappa shape index (κ1) is 16.1. The summed E-state index contributed by atoms with van der Waals surface area (Å²) in [5.41, 5.74) is 3.65. The molecular weight excluding hydrogens is 332 g/mol. The summed E-state index contributed by atoms with van der Waals surface area (Å²) in [4.78, 5) is 0. The van der Waals surface area contributed by atoms with Crippen LogP contribution in [-0.2, 0) is 22.0 Å². The van der Waals surface area contributed by atoms with Crippen molar-refractivity contribution >= 4 is 9.84 Å². The van der Waals surface area contributed by atoms with Crippen molar-refractivity contribution in [1.82, 2.24) is 9.78 Å². The minimum atomic E-state index is -3.29. The van der Waals surface area contributed by atoms with E-state index in [2.05, 4.69) is 5.10 Å². The molecule has 0 radical (unpaired) electrons. The number of nitrogens with zero attached hydrogens (tertiary/aromatic N) is 2. The third kappa shape index (κ3) is 3.24. The van der Waals surface area contributed by atoms with Gasteiger partial charge in [-0.15, -0.1) is 0 Å². The molecule has 1 heterocycles. The Labute approximate surface area is 148 Å². The number of aromatic nitrogens is 2. The third-order valence-electron chi connectivity index (χ3n) is 4.76. The molecule has 1 atom stereocenters. The van der Waals surface area contributed by atoms with Crippen LogP contribution in [0.3, 0.4) is 0 Å². The van der Waals surface area contributed by atoms with Gasteiger partial charge in [0.1, 0.15) is 0 Å². The minimum Gasteiger partial charge on any atom is -0.241 e. The molecule has 3 aromatic rings. The van der Waals surface area contributed by atoms with Gasteiger partial charge in [-0.1, -0.05) is 42.5 Å². The predicted octanol–water partition coefficient (Wildman–Crippen LogP) is 3.86. The van der Waals surface area contributed by atoms with E-state index in [1.165, 1.54) is 0 Å². The van der Waals surface area contributed by atoms with Gasteiger partial charge in [-0.25, -0.2) is 13.1 Å². The number of aryl methyl sites for hydroxylation is 1. The molecule has 0 N–H and O–H groups in total. The molecule has 128 valence electrons. The zero-order valence-corrected chi connectivity index (χ0v) is 14.7. The molecule has 0 amide bonds. The third-order valence-corrected chi connectivity index (χ3v) is 6.82. The highest BCUT2D eigenvalue weighted by Gasteiger charge is 2.31. The highest BCUT2D eigenvalue weighted by Crippen LogP contribution is 2.36. The molecule has 4 rings (SSSR count). The molecule has 0 spiro atoms. The van der Waals surface area contributed by atoms with E-state index in [0.717, 1.165) is 29.7 Å². The minimum absolute atomic E-state index is 0.0220. The Morgan fingerprint density at radius 1 is 1.00 bits per heavy atom. The molecule has 5 heteroatoms. The fourth-order valence-corrected chi connectivity index (χ4v) is 5.46. The Balaban J connectivity index is 1.60. The van der Waals surface area contributed by atoms with E-state index >= 15 is 0 Å². The van der Waals surface area contributed by atoms with Crippen molar-refractivity contribution in [3.63, 3.8) is 0 Å². The van der Waals surface area contributed by atoms with Gasteiger partial charge in [0.25, 0.3) is 0 Å². The van der Waals surface area contributed by atoms with Gasteiger partial charge in [-0.05, 0) is 48.6 Å². The molecule has 1 unspecified atom stereocenters. The summed E-state index contributed by atoms with van der Waals surface area (Å²) < 4.78 is 27.8. The summed E-state index contributed by atoms with van der Waals surface area (Å²) in [5, 5.41) is 4.04. The number of fused-ring (bicyclic) bond motifs is 1. The molecule has 0 bridgehead atoms. The number of hydrogen-bond acceptors (Lipinski definition) is 3. The maximum Gasteiger partial charge on any atom is 0.163 e. The highest BCUT2D eigenvalue weighted by atomic mass is 32.2. The standard InChI is InChI=1S/C20H20N2O2S/c23-25(24,20-12-6-8-16-7-4-5-11-19(16)20)15-17-13-14-22(21-17)18-9-2-1-3-10-18/h1-5,7,9-11,13-14,20H,6,8,12,15H2. The van der Waals surface area contributed by atoms with E-state index in [-0.39, 0.29) is 5.75 Å². The van der Waals surface area contributed by atoms with Gasteiger partial charge in [0, 0.05) is 6.20 Å². The van der Waals surface area contributed by atoms with Crippen LogP contribution in [0, 0.1) is 0 Å². The molecule has 2 aromatic carbocycles. The number of rotatable bonds is 4. The average Bonchev–Trinajstić information content (AvgIpc) is 3.10. The highest BCUT2D eigenvalue weighted by molar-refractivity contribution is 7.90. The fraction of sp³-hybridized carbons (Fsp3) is 0.250. The summed E-state index contributed by atoms with van der Waals surface area (Å²) in [6, 6.07) is 19.4. The van der Waals surface area contributed by atoms with E-state index < -0.39 is 15.1 Å². The first-order valence-electron chi connectivity index (χ1n) is 8.53. The number of benzene rings is 2. The first-order chi connectivity index (χ1) is 12.1. The first-order valence-corrected chi connectivity index (χ1v) is 10.2. The van der Waals surface area contributed by atoms with E-state index in [0.29, 0.717) is 12.1 Å². The number of hydrogen-bond donors (Lipinski definition) is 0. The van der Waals surface area contributed by atoms with Crippen LogP contribution < -0.4 is 0 Å². The zero-order chi connectivity index (χ0) is 17.3. The summed E-state index contributed by atoms with van der Waals surface area (Å²) in [6.45, 7) is 0. The van der Waals surface area contributed by atoms with Crippen molar-refractivity contribution in [2.75, 3.05) is 0 Å². The molecule has 0 saturated heterocycles. The van der Waals surface area contributed by atoms with Crippen LogP contribution in [0.5, 0.6) is 0 Å². The maximum atomic E-state index is 13.0. The second-order valence-electron chi connectivity index (χ2n) is 6.47. The van der Waals surface area contributed by atoms with Gasteiger partial charge in [-0.2, -0.15) is 5.10 Å². The van der Waals surface area contributed by atoms with Crippen LogP contribution in [0.25, 0.3) is 5.69 Å². The molecule has 0 aliphatic heterocycles. The van der Waals surface area contributed by atoms with Gasteiger partial charge in [0.2, 0.25) is 0 Å². The van der Waals surface area contributed by atoms with Crippen LogP contribution in [-0.4, -0.2) is 18.2 Å². The van der Waals surface area contributed by atoms with E-state index in [1.807, 2.05) is 60.8 Å². The molecule has 4 nitrogen and oxygen atoms in total. The lowest BCUT2D eigenvalue weighted by Crippen LogP contribution is -2.20. The largest absolute Gasteiger partial charge is 0.241 e. The Bertz CT molecular complexity index is 978. The van der Waals surface area contributed by atoms with Gasteiger partial charge >= 0.3 is 0 Å². The van der Waals surface area contributed by atoms with Crippen molar-refractivity contribution in [3.8, 4) is 5.69 Å². The Morgan fingerprint density at radius 3 is 2.60 bits per heavy atom. The second kappa shape index (κ2) is 6.48. The van der Waals surface area contributed by atoms with E-state index in [1.54, 1.807) is 10.7 Å². The van der Waals surface area contributed by atoms with Crippen LogP contribution >= 0.6 is 0 Å². The fourth-order valence-electron chi connectivity index (χ4n) is 3.55. The lowest BCUT2D eigenvalue weighted by Gasteiger charge is -2.25. The van der Waals surface area contributed by atoms with Crippen molar-refractivity contribution in [2.45, 2.75) is 30.3 Å². The van der Waals surface area contributed by atoms with Gasteiger partial charge in [0.15, 0.2) is 9.84 Å². The summed E-state index contributed by atoms with van der Waals surface area (Å²) >= 11 is 0. The number of para-hydroxylation sites is 1. The van der Waals surface area contributed by atoms with Crippen LogP contribution in [0.1, 0.15) is 34.9 Å². The average molecular weight is 352 g/mol. The molecule has 1 aromatic heterocycles. The Kier molecular flexibility index (Phi) is 4.17. The molecule has 1 aliphatic rings. The van der Waals surface area contributed by atoms with Crippen LogP contribution in [0.2, 0.25) is 0 Å². The van der Waals surface area contributed by atoms with Crippen LogP contribution in [0.4, 0.5) is 0 Å². The SMILES string of the molecule is O=S(=O)(Cc1ccn(-c2ccccc2)n1)C1CCCc2ccccc21. The van der Waals surface area contributed by atoms with Crippen molar-refractivity contribution in [1.29, 1.82) is 0 Å². The molecule has 1 aliphatic carbocycles.